The summed E-state index contributed by atoms with van der Waals surface area (Å²) >= 11 is 11.7. The van der Waals surface area contributed by atoms with Crippen LogP contribution in [0.2, 0.25) is 10.0 Å². The zero-order chi connectivity index (χ0) is 21.6. The van der Waals surface area contributed by atoms with Gasteiger partial charge in [-0.25, -0.2) is 14.4 Å². The molecule has 1 amide bonds. The van der Waals surface area contributed by atoms with Gasteiger partial charge < -0.3 is 15.8 Å². The van der Waals surface area contributed by atoms with Gasteiger partial charge in [-0.2, -0.15) is 8.78 Å². The molecule has 1 aliphatic heterocycles. The predicted octanol–water partition coefficient (Wildman–Crippen LogP) is 4.49. The van der Waals surface area contributed by atoms with E-state index >= 15 is 0 Å². The van der Waals surface area contributed by atoms with Gasteiger partial charge in [-0.05, 0) is 31.2 Å². The third-order valence-corrected chi connectivity index (χ3v) is 4.79. The maximum absolute atomic E-state index is 14.8. The molecule has 0 spiro atoms. The topological polar surface area (TPSA) is 89.6 Å². The van der Waals surface area contributed by atoms with Crippen LogP contribution in [0, 0.1) is 5.82 Å². The Labute approximate surface area is 173 Å². The van der Waals surface area contributed by atoms with Crippen LogP contribution in [0.1, 0.15) is 23.0 Å². The Hall–Kier alpha value is -2.78. The number of ether oxygens (including phenoxy) is 1. The van der Waals surface area contributed by atoms with Gasteiger partial charge in [0.15, 0.2) is 11.3 Å². The number of aromatic nitrogens is 1. The fraction of sp³-hybridized carbons (Fsp3) is 0.167. The summed E-state index contributed by atoms with van der Waals surface area (Å²) in [5, 5.41) is 2.62. The first-order valence-corrected chi connectivity index (χ1v) is 8.74. The molecule has 2 aromatic rings. The van der Waals surface area contributed by atoms with E-state index < -0.39 is 40.5 Å². The summed E-state index contributed by atoms with van der Waals surface area (Å²) in [7, 11) is 0. The van der Waals surface area contributed by atoms with Crippen molar-refractivity contribution in [3.05, 3.63) is 69.9 Å². The minimum absolute atomic E-state index is 0.00196. The molecule has 2 heterocycles. The minimum atomic E-state index is -3.78. The van der Waals surface area contributed by atoms with Gasteiger partial charge in [0, 0.05) is 17.4 Å². The summed E-state index contributed by atoms with van der Waals surface area (Å²) in [6.45, 7) is 4.12. The third-order valence-electron chi connectivity index (χ3n) is 4.29. The van der Waals surface area contributed by atoms with Crippen molar-refractivity contribution in [3.8, 4) is 0 Å². The second-order valence-corrected chi connectivity index (χ2v) is 7.10. The van der Waals surface area contributed by atoms with Crippen LogP contribution < -0.4 is 11.1 Å². The standard InChI is InChI=1S/C18H13Cl2F3N4O2/c1-8-18(22,23)17(2,27-16(24)29-8)11-6-10(3-4-13(11)21)26-15(28)14-12(20)5-9(19)7-25-14/h3-7H,1H2,2H3,(H2,24,27)(H,26,28)/t17-/m1/s1. The third kappa shape index (κ3) is 3.63. The largest absolute Gasteiger partial charge is 0.425 e. The van der Waals surface area contributed by atoms with Crippen LogP contribution in [0.4, 0.5) is 18.9 Å². The van der Waals surface area contributed by atoms with Crippen LogP contribution >= 0.6 is 23.2 Å². The number of carbonyl (C=O) groups is 1. The number of alkyl halides is 2. The summed E-state index contributed by atoms with van der Waals surface area (Å²) < 4.78 is 48.6. The number of rotatable bonds is 3. The van der Waals surface area contributed by atoms with Crippen molar-refractivity contribution < 1.29 is 22.7 Å². The monoisotopic (exact) mass is 444 g/mol. The molecule has 0 aliphatic carbocycles. The highest BCUT2D eigenvalue weighted by atomic mass is 35.5. The van der Waals surface area contributed by atoms with Gasteiger partial charge >= 0.3 is 5.92 Å². The number of amidine groups is 1. The maximum Gasteiger partial charge on any atom is 0.332 e. The van der Waals surface area contributed by atoms with Crippen molar-refractivity contribution in [3.63, 3.8) is 0 Å². The molecule has 6 nitrogen and oxygen atoms in total. The van der Waals surface area contributed by atoms with Gasteiger partial charge in [0.25, 0.3) is 11.9 Å². The molecule has 0 radical (unpaired) electrons. The molecular formula is C18H13Cl2F3N4O2. The van der Waals surface area contributed by atoms with Crippen LogP contribution in [0.25, 0.3) is 0 Å². The van der Waals surface area contributed by atoms with Crippen molar-refractivity contribution in [1.29, 1.82) is 0 Å². The number of nitrogens with one attached hydrogen (secondary N) is 1. The summed E-state index contributed by atoms with van der Waals surface area (Å²) in [5.74, 6) is -6.49. The molecule has 152 valence electrons. The lowest BCUT2D eigenvalue weighted by Crippen LogP contribution is -2.49. The van der Waals surface area contributed by atoms with Crippen molar-refractivity contribution in [2.75, 3.05) is 5.32 Å². The van der Waals surface area contributed by atoms with Crippen molar-refractivity contribution >= 4 is 40.8 Å². The zero-order valence-corrected chi connectivity index (χ0v) is 16.3. The highest BCUT2D eigenvalue weighted by Gasteiger charge is 2.59. The van der Waals surface area contributed by atoms with Crippen LogP contribution in [0.5, 0.6) is 0 Å². The van der Waals surface area contributed by atoms with E-state index in [4.69, 9.17) is 28.9 Å². The number of anilines is 1. The van der Waals surface area contributed by atoms with E-state index in [1.165, 1.54) is 18.3 Å². The summed E-state index contributed by atoms with van der Waals surface area (Å²) in [6, 6.07) is 3.83. The average molecular weight is 445 g/mol. The molecule has 29 heavy (non-hydrogen) atoms. The highest BCUT2D eigenvalue weighted by Crippen LogP contribution is 2.48. The normalized spacial score (nSPS) is 20.6. The Bertz CT molecular complexity index is 1060. The molecule has 1 aliphatic rings. The zero-order valence-electron chi connectivity index (χ0n) is 14.8. The van der Waals surface area contributed by atoms with Crippen molar-refractivity contribution in [2.45, 2.75) is 18.4 Å². The van der Waals surface area contributed by atoms with Gasteiger partial charge in [-0.1, -0.05) is 29.8 Å². The predicted molar refractivity (Wildman–Crippen MR) is 103 cm³/mol. The number of carbonyl (C=O) groups excluding carboxylic acids is 1. The van der Waals surface area contributed by atoms with Crippen molar-refractivity contribution in [1.82, 2.24) is 4.98 Å². The number of halogens is 5. The van der Waals surface area contributed by atoms with Crippen LogP contribution in [-0.4, -0.2) is 22.8 Å². The number of hydrogen-bond acceptors (Lipinski definition) is 5. The molecule has 0 fully saturated rings. The number of benzene rings is 1. The van der Waals surface area contributed by atoms with E-state index in [9.17, 15) is 18.0 Å². The van der Waals surface area contributed by atoms with E-state index in [0.29, 0.717) is 0 Å². The lowest BCUT2D eigenvalue weighted by molar-refractivity contribution is -0.0746. The molecule has 11 heteroatoms. The van der Waals surface area contributed by atoms with Gasteiger partial charge in [0.05, 0.1) is 10.0 Å². The first-order valence-electron chi connectivity index (χ1n) is 7.98. The maximum atomic E-state index is 14.8. The first kappa shape index (κ1) is 20.9. The van der Waals surface area contributed by atoms with E-state index in [-0.39, 0.29) is 21.4 Å². The number of nitrogens with zero attached hydrogens (tertiary/aromatic N) is 2. The van der Waals surface area contributed by atoms with Gasteiger partial charge in [0.1, 0.15) is 11.5 Å². The first-order chi connectivity index (χ1) is 13.5. The van der Waals surface area contributed by atoms with Gasteiger partial charge in [-0.15, -0.1) is 0 Å². The fourth-order valence-corrected chi connectivity index (χ4v) is 3.22. The second-order valence-electron chi connectivity index (χ2n) is 6.25. The molecule has 1 aromatic heterocycles. The summed E-state index contributed by atoms with van der Waals surface area (Å²) in [6.07, 6.45) is 1.21. The Morgan fingerprint density at radius 3 is 2.66 bits per heavy atom. The minimum Gasteiger partial charge on any atom is -0.425 e. The average Bonchev–Trinajstić information content (AvgIpc) is 2.61. The summed E-state index contributed by atoms with van der Waals surface area (Å²) in [4.78, 5) is 19.8. The molecule has 0 saturated carbocycles. The van der Waals surface area contributed by atoms with Crippen LogP contribution in [-0.2, 0) is 10.3 Å². The molecule has 3 N–H and O–H groups in total. The Morgan fingerprint density at radius 2 is 2.00 bits per heavy atom. The molecule has 3 rings (SSSR count). The Morgan fingerprint density at radius 1 is 1.31 bits per heavy atom. The second kappa shape index (κ2) is 7.23. The van der Waals surface area contributed by atoms with Crippen molar-refractivity contribution in [2.24, 2.45) is 10.7 Å². The van der Waals surface area contributed by atoms with E-state index in [2.05, 4.69) is 26.6 Å². The Kier molecular flexibility index (Phi) is 5.22. The number of amides is 1. The van der Waals surface area contributed by atoms with Crippen LogP contribution in [0.3, 0.4) is 0 Å². The molecule has 0 unspecified atom stereocenters. The quantitative estimate of drug-likeness (QED) is 0.729. The number of pyridine rings is 1. The number of aliphatic imine (C=N–C) groups is 1. The SMILES string of the molecule is C=C1OC(N)=N[C@](C)(c2cc(NC(=O)c3ncc(Cl)cc3Cl)ccc2F)C1(F)F. The summed E-state index contributed by atoms with van der Waals surface area (Å²) in [5.41, 5.74) is 2.31. The molecule has 1 atom stereocenters. The van der Waals surface area contributed by atoms with Gasteiger partial charge in [-0.3, -0.25) is 4.79 Å². The Balaban J connectivity index is 2.01. The molecule has 1 aromatic carbocycles. The lowest BCUT2D eigenvalue weighted by Gasteiger charge is -2.38. The lowest BCUT2D eigenvalue weighted by atomic mass is 9.84. The molecule has 0 bridgehead atoms. The number of nitrogens with two attached hydrogens (primary N) is 1. The fourth-order valence-electron chi connectivity index (χ4n) is 2.75. The van der Waals surface area contributed by atoms with Crippen LogP contribution in [0.15, 0.2) is 47.8 Å². The van der Waals surface area contributed by atoms with E-state index in [1.807, 2.05) is 0 Å². The highest BCUT2D eigenvalue weighted by molar-refractivity contribution is 6.36. The number of hydrogen-bond donors (Lipinski definition) is 2. The van der Waals surface area contributed by atoms with E-state index in [0.717, 1.165) is 19.1 Å². The van der Waals surface area contributed by atoms with Gasteiger partial charge in [0.2, 0.25) is 0 Å². The smallest absolute Gasteiger partial charge is 0.332 e. The molecular weight excluding hydrogens is 432 g/mol. The van der Waals surface area contributed by atoms with E-state index in [1.54, 1.807) is 0 Å². The molecule has 0 saturated heterocycles.